The van der Waals surface area contributed by atoms with Crippen molar-refractivity contribution in [3.63, 3.8) is 0 Å². The lowest BCUT2D eigenvalue weighted by atomic mass is 10.1. The monoisotopic (exact) mass is 262 g/mol. The number of aromatic nitrogens is 1. The number of likely N-dealkylation sites (tertiary alicyclic amines) is 1. The molecule has 1 atom stereocenters. The number of nitrogens with zero attached hydrogens (tertiary/aromatic N) is 1. The number of carbonyl (C=O) groups is 1. The highest BCUT2D eigenvalue weighted by atomic mass is 16.2. The third kappa shape index (κ3) is 3.06. The number of aromatic amines is 1. The van der Waals surface area contributed by atoms with Gasteiger partial charge in [-0.2, -0.15) is 0 Å². The molecule has 0 aromatic carbocycles. The third-order valence-corrected chi connectivity index (χ3v) is 3.90. The molecule has 1 aliphatic heterocycles. The Morgan fingerprint density at radius 1 is 1.42 bits per heavy atom. The van der Waals surface area contributed by atoms with E-state index in [9.17, 15) is 9.59 Å². The molecule has 2 heterocycles. The van der Waals surface area contributed by atoms with Crippen molar-refractivity contribution < 1.29 is 4.79 Å². The molecule has 1 N–H and O–H groups in total. The molecule has 1 unspecified atom stereocenters. The van der Waals surface area contributed by atoms with Crippen LogP contribution in [0.5, 0.6) is 0 Å². The molecule has 1 aromatic rings. The molecule has 1 amide bonds. The molecule has 104 valence electrons. The highest BCUT2D eigenvalue weighted by molar-refractivity contribution is 5.94. The summed E-state index contributed by atoms with van der Waals surface area (Å²) in [6.07, 6.45) is 6.93. The fourth-order valence-electron chi connectivity index (χ4n) is 2.76. The van der Waals surface area contributed by atoms with Crippen molar-refractivity contribution in [2.75, 3.05) is 6.54 Å². The van der Waals surface area contributed by atoms with E-state index in [0.717, 1.165) is 31.5 Å². The number of rotatable bonds is 2. The van der Waals surface area contributed by atoms with E-state index in [1.54, 1.807) is 6.20 Å². The molecule has 1 saturated heterocycles. The van der Waals surface area contributed by atoms with Crippen molar-refractivity contribution >= 4 is 5.91 Å². The van der Waals surface area contributed by atoms with E-state index >= 15 is 0 Å². The van der Waals surface area contributed by atoms with Crippen LogP contribution >= 0.6 is 0 Å². The minimum Gasteiger partial charge on any atom is -0.364 e. The van der Waals surface area contributed by atoms with Crippen LogP contribution in [0.1, 0.15) is 55.1 Å². The first kappa shape index (κ1) is 13.8. The van der Waals surface area contributed by atoms with Gasteiger partial charge in [-0.05, 0) is 26.2 Å². The average molecular weight is 262 g/mol. The number of nitrogens with one attached hydrogen (secondary N) is 1. The maximum absolute atomic E-state index is 12.6. The van der Waals surface area contributed by atoms with Crippen LogP contribution in [0.3, 0.4) is 0 Å². The normalized spacial score (nSPS) is 20.1. The Morgan fingerprint density at radius 3 is 2.89 bits per heavy atom. The van der Waals surface area contributed by atoms with Crippen LogP contribution in [0.2, 0.25) is 0 Å². The third-order valence-electron chi connectivity index (χ3n) is 3.90. The number of carbonyl (C=O) groups excluding carboxylic acids is 1. The van der Waals surface area contributed by atoms with Gasteiger partial charge in [0.2, 0.25) is 0 Å². The molecule has 0 bridgehead atoms. The molecular weight excluding hydrogens is 240 g/mol. The first-order valence-corrected chi connectivity index (χ1v) is 7.13. The Bertz CT molecular complexity index is 507. The predicted octanol–water partition coefficient (Wildman–Crippen LogP) is 2.48. The van der Waals surface area contributed by atoms with E-state index in [2.05, 4.69) is 11.9 Å². The highest BCUT2D eigenvalue weighted by Crippen LogP contribution is 2.20. The number of pyridine rings is 1. The summed E-state index contributed by atoms with van der Waals surface area (Å²) in [5, 5.41) is 0. The zero-order chi connectivity index (χ0) is 13.8. The molecule has 1 aromatic heterocycles. The molecular formula is C15H22N2O2. The van der Waals surface area contributed by atoms with E-state index in [1.807, 2.05) is 11.8 Å². The van der Waals surface area contributed by atoms with Crippen molar-refractivity contribution in [3.8, 4) is 0 Å². The Kier molecular flexibility index (Phi) is 4.40. The first-order valence-electron chi connectivity index (χ1n) is 7.13. The summed E-state index contributed by atoms with van der Waals surface area (Å²) < 4.78 is 0. The maximum atomic E-state index is 12.6. The van der Waals surface area contributed by atoms with Crippen molar-refractivity contribution in [1.82, 2.24) is 9.88 Å². The van der Waals surface area contributed by atoms with Gasteiger partial charge in [-0.25, -0.2) is 0 Å². The van der Waals surface area contributed by atoms with E-state index in [-0.39, 0.29) is 22.9 Å². The second-order valence-electron chi connectivity index (χ2n) is 5.30. The number of H-pyrrole nitrogens is 1. The smallest absolute Gasteiger partial charge is 0.259 e. The minimum absolute atomic E-state index is 0.116. The number of amides is 1. The Hall–Kier alpha value is -1.58. The van der Waals surface area contributed by atoms with Crippen LogP contribution in [0, 0.1) is 6.92 Å². The number of hydrogen-bond donors (Lipinski definition) is 1. The molecule has 0 aliphatic carbocycles. The minimum atomic E-state index is -0.180. The Labute approximate surface area is 113 Å². The lowest BCUT2D eigenvalue weighted by Crippen LogP contribution is -2.41. The lowest BCUT2D eigenvalue weighted by molar-refractivity contribution is 0.0676. The van der Waals surface area contributed by atoms with Gasteiger partial charge >= 0.3 is 0 Å². The zero-order valence-electron chi connectivity index (χ0n) is 11.7. The largest absolute Gasteiger partial charge is 0.364 e. The molecule has 0 spiro atoms. The van der Waals surface area contributed by atoms with Crippen LogP contribution in [0.4, 0.5) is 0 Å². The van der Waals surface area contributed by atoms with Gasteiger partial charge < -0.3 is 9.88 Å². The molecule has 4 heteroatoms. The van der Waals surface area contributed by atoms with Crippen molar-refractivity contribution in [2.45, 2.75) is 52.0 Å². The average Bonchev–Trinajstić information content (AvgIpc) is 2.63. The molecule has 0 saturated carbocycles. The number of hydrogen-bond acceptors (Lipinski definition) is 2. The van der Waals surface area contributed by atoms with Gasteiger partial charge in [-0.3, -0.25) is 9.59 Å². The summed E-state index contributed by atoms with van der Waals surface area (Å²) in [6.45, 7) is 4.69. The van der Waals surface area contributed by atoms with Gasteiger partial charge in [0.05, 0.1) is 0 Å². The first-order chi connectivity index (χ1) is 9.13. The second kappa shape index (κ2) is 6.04. The van der Waals surface area contributed by atoms with Gasteiger partial charge in [0, 0.05) is 30.5 Å². The van der Waals surface area contributed by atoms with Gasteiger partial charge in [-0.1, -0.05) is 19.8 Å². The Morgan fingerprint density at radius 2 is 2.21 bits per heavy atom. The fourth-order valence-corrected chi connectivity index (χ4v) is 2.76. The van der Waals surface area contributed by atoms with Crippen molar-refractivity contribution in [1.29, 1.82) is 0 Å². The lowest BCUT2D eigenvalue weighted by Gasteiger charge is -2.29. The van der Waals surface area contributed by atoms with Crippen molar-refractivity contribution in [3.05, 3.63) is 33.7 Å². The van der Waals surface area contributed by atoms with Crippen LogP contribution in [0.25, 0.3) is 0 Å². The van der Waals surface area contributed by atoms with Crippen molar-refractivity contribution in [2.24, 2.45) is 0 Å². The summed E-state index contributed by atoms with van der Waals surface area (Å²) >= 11 is 0. The molecule has 2 rings (SSSR count). The SMILES string of the molecule is CCC1CCCCCN1C(=O)c1c[nH]c(C)cc1=O. The fraction of sp³-hybridized carbons (Fsp3) is 0.600. The van der Waals surface area contributed by atoms with E-state index in [4.69, 9.17) is 0 Å². The second-order valence-corrected chi connectivity index (χ2v) is 5.30. The highest BCUT2D eigenvalue weighted by Gasteiger charge is 2.26. The van der Waals surface area contributed by atoms with E-state index in [0.29, 0.717) is 0 Å². The van der Waals surface area contributed by atoms with Crippen LogP contribution in [0.15, 0.2) is 17.1 Å². The standard InChI is InChI=1S/C15H22N2O2/c1-3-12-7-5-4-6-8-17(12)15(19)13-10-16-11(2)9-14(13)18/h9-10,12H,3-8H2,1-2H3,(H,16,18). The summed E-state index contributed by atoms with van der Waals surface area (Å²) in [6, 6.07) is 1.77. The molecule has 1 aliphatic rings. The predicted molar refractivity (Wildman–Crippen MR) is 75.4 cm³/mol. The summed E-state index contributed by atoms with van der Waals surface area (Å²) in [7, 11) is 0. The zero-order valence-corrected chi connectivity index (χ0v) is 11.7. The van der Waals surface area contributed by atoms with Crippen LogP contribution < -0.4 is 5.43 Å². The quantitative estimate of drug-likeness (QED) is 0.890. The van der Waals surface area contributed by atoms with Crippen LogP contribution in [-0.4, -0.2) is 28.4 Å². The molecule has 19 heavy (non-hydrogen) atoms. The molecule has 1 fully saturated rings. The Balaban J connectivity index is 2.28. The molecule has 4 nitrogen and oxygen atoms in total. The summed E-state index contributed by atoms with van der Waals surface area (Å²) in [5.74, 6) is -0.116. The maximum Gasteiger partial charge on any atom is 0.259 e. The van der Waals surface area contributed by atoms with Gasteiger partial charge in [0.1, 0.15) is 5.56 Å². The van der Waals surface area contributed by atoms with Crippen LogP contribution in [-0.2, 0) is 0 Å². The summed E-state index contributed by atoms with van der Waals surface area (Å²) in [4.78, 5) is 29.4. The van der Waals surface area contributed by atoms with E-state index in [1.165, 1.54) is 18.9 Å². The van der Waals surface area contributed by atoms with Gasteiger partial charge in [0.25, 0.3) is 5.91 Å². The molecule has 0 radical (unpaired) electrons. The number of aryl methyl sites for hydroxylation is 1. The van der Waals surface area contributed by atoms with Gasteiger partial charge in [0.15, 0.2) is 5.43 Å². The topological polar surface area (TPSA) is 53.2 Å². The van der Waals surface area contributed by atoms with Gasteiger partial charge in [-0.15, -0.1) is 0 Å². The van der Waals surface area contributed by atoms with E-state index < -0.39 is 0 Å². The summed E-state index contributed by atoms with van der Waals surface area (Å²) in [5.41, 5.74) is 0.871.